The van der Waals surface area contributed by atoms with Gasteiger partial charge in [0.1, 0.15) is 10.1 Å². The zero-order valence-electron chi connectivity index (χ0n) is 8.04. The van der Waals surface area contributed by atoms with Crippen LogP contribution in [0.3, 0.4) is 0 Å². The molecule has 1 atom stereocenters. The summed E-state index contributed by atoms with van der Waals surface area (Å²) >= 11 is 0. The van der Waals surface area contributed by atoms with E-state index < -0.39 is 33.4 Å². The molecular formula is C10H7O5S-. The standard InChI is InChI=1S/C10H8O5S/c11-8-5-9(16(13,14)15)6-3-1-2-4-7(6)10(8)12/h1-4,9H,5H2,(H,13,14,15)/p-1/t9-/m0/s1. The van der Waals surface area contributed by atoms with Gasteiger partial charge in [0.25, 0.3) is 0 Å². The molecule has 1 aromatic rings. The molecule has 0 heterocycles. The van der Waals surface area contributed by atoms with Gasteiger partial charge in [0.05, 0.1) is 5.25 Å². The lowest BCUT2D eigenvalue weighted by Gasteiger charge is -2.25. The van der Waals surface area contributed by atoms with Gasteiger partial charge in [-0.15, -0.1) is 0 Å². The second-order valence-electron chi connectivity index (χ2n) is 3.53. The van der Waals surface area contributed by atoms with Crippen LogP contribution in [0.25, 0.3) is 0 Å². The molecule has 0 fully saturated rings. The number of hydrogen-bond donors (Lipinski definition) is 0. The third-order valence-corrected chi connectivity index (χ3v) is 3.64. The van der Waals surface area contributed by atoms with E-state index in [0.717, 1.165) is 0 Å². The van der Waals surface area contributed by atoms with Gasteiger partial charge in [-0.2, -0.15) is 0 Å². The van der Waals surface area contributed by atoms with Crippen LogP contribution in [0.1, 0.15) is 27.6 Å². The summed E-state index contributed by atoms with van der Waals surface area (Å²) < 4.78 is 32.9. The van der Waals surface area contributed by atoms with E-state index in [1.54, 1.807) is 0 Å². The van der Waals surface area contributed by atoms with Crippen LogP contribution in [0, 0.1) is 0 Å². The minimum Gasteiger partial charge on any atom is -0.747 e. The summed E-state index contributed by atoms with van der Waals surface area (Å²) in [5.41, 5.74) is 0.144. The summed E-state index contributed by atoms with van der Waals surface area (Å²) in [6.07, 6.45) is -0.554. The van der Waals surface area contributed by atoms with Gasteiger partial charge < -0.3 is 4.55 Å². The molecule has 0 aromatic heterocycles. The number of ketones is 2. The fraction of sp³-hybridized carbons (Fsp3) is 0.200. The molecule has 16 heavy (non-hydrogen) atoms. The number of rotatable bonds is 1. The summed E-state index contributed by atoms with van der Waals surface area (Å²) in [5, 5.41) is -1.44. The Labute approximate surface area is 91.8 Å². The normalized spacial score (nSPS) is 20.7. The van der Waals surface area contributed by atoms with Crippen molar-refractivity contribution in [3.63, 3.8) is 0 Å². The Morgan fingerprint density at radius 2 is 1.81 bits per heavy atom. The molecule has 2 rings (SSSR count). The SMILES string of the molecule is O=C1C[C@H](S(=O)(=O)[O-])c2ccccc2C1=O. The molecule has 6 heteroatoms. The summed E-state index contributed by atoms with van der Waals surface area (Å²) in [7, 11) is -4.62. The van der Waals surface area contributed by atoms with Crippen LogP contribution in [-0.2, 0) is 14.9 Å². The second-order valence-corrected chi connectivity index (χ2v) is 5.08. The maximum atomic E-state index is 11.4. The summed E-state index contributed by atoms with van der Waals surface area (Å²) in [4.78, 5) is 22.7. The van der Waals surface area contributed by atoms with E-state index in [9.17, 15) is 22.6 Å². The zero-order chi connectivity index (χ0) is 11.9. The van der Waals surface area contributed by atoms with E-state index in [2.05, 4.69) is 0 Å². The smallest absolute Gasteiger partial charge is 0.228 e. The van der Waals surface area contributed by atoms with Crippen LogP contribution in [0.4, 0.5) is 0 Å². The molecule has 0 amide bonds. The van der Waals surface area contributed by atoms with Gasteiger partial charge in [-0.05, 0) is 5.56 Å². The van der Waals surface area contributed by atoms with Crippen molar-refractivity contribution >= 4 is 21.7 Å². The molecule has 0 bridgehead atoms. The molecule has 1 aromatic carbocycles. The fourth-order valence-electron chi connectivity index (χ4n) is 1.76. The Morgan fingerprint density at radius 3 is 2.44 bits per heavy atom. The molecular weight excluding hydrogens is 232 g/mol. The summed E-state index contributed by atoms with van der Waals surface area (Å²) in [6.45, 7) is 0. The van der Waals surface area contributed by atoms with Crippen LogP contribution >= 0.6 is 0 Å². The van der Waals surface area contributed by atoms with Crippen LogP contribution in [0.2, 0.25) is 0 Å². The van der Waals surface area contributed by atoms with E-state index in [0.29, 0.717) is 0 Å². The highest BCUT2D eigenvalue weighted by atomic mass is 32.2. The lowest BCUT2D eigenvalue weighted by atomic mass is 9.89. The lowest BCUT2D eigenvalue weighted by Crippen LogP contribution is -2.29. The van der Waals surface area contributed by atoms with Crippen LogP contribution < -0.4 is 0 Å². The topological polar surface area (TPSA) is 91.3 Å². The Balaban J connectivity index is 2.67. The molecule has 0 radical (unpaired) electrons. The van der Waals surface area contributed by atoms with Crippen LogP contribution in [-0.4, -0.2) is 24.5 Å². The molecule has 0 unspecified atom stereocenters. The molecule has 1 aliphatic carbocycles. The van der Waals surface area contributed by atoms with Gasteiger partial charge in [0.15, 0.2) is 0 Å². The molecule has 0 saturated carbocycles. The Hall–Kier alpha value is -1.53. The van der Waals surface area contributed by atoms with Crippen molar-refractivity contribution in [1.29, 1.82) is 0 Å². The second kappa shape index (κ2) is 3.50. The Morgan fingerprint density at radius 1 is 1.19 bits per heavy atom. The highest BCUT2D eigenvalue weighted by Crippen LogP contribution is 2.33. The zero-order valence-corrected chi connectivity index (χ0v) is 8.86. The third kappa shape index (κ3) is 1.66. The van der Waals surface area contributed by atoms with Gasteiger partial charge in [-0.1, -0.05) is 24.3 Å². The predicted octanol–water partition coefficient (Wildman–Crippen LogP) is 0.428. The van der Waals surface area contributed by atoms with Crippen molar-refractivity contribution in [1.82, 2.24) is 0 Å². The van der Waals surface area contributed by atoms with E-state index in [1.165, 1.54) is 24.3 Å². The largest absolute Gasteiger partial charge is 0.747 e. The van der Waals surface area contributed by atoms with E-state index in [4.69, 9.17) is 0 Å². The number of Topliss-reactive ketones (excluding diaryl/α,β-unsaturated/α-hetero) is 2. The van der Waals surface area contributed by atoms with Crippen molar-refractivity contribution in [2.75, 3.05) is 0 Å². The number of hydrogen-bond acceptors (Lipinski definition) is 5. The van der Waals surface area contributed by atoms with Crippen LogP contribution in [0.5, 0.6) is 0 Å². The molecule has 0 aliphatic heterocycles. The molecule has 1 aliphatic rings. The van der Waals surface area contributed by atoms with Gasteiger partial charge in [0, 0.05) is 12.0 Å². The maximum absolute atomic E-state index is 11.4. The first-order chi connectivity index (χ1) is 7.41. The van der Waals surface area contributed by atoms with Gasteiger partial charge >= 0.3 is 0 Å². The molecule has 0 N–H and O–H groups in total. The van der Waals surface area contributed by atoms with Crippen molar-refractivity contribution < 1.29 is 22.6 Å². The molecule has 5 nitrogen and oxygen atoms in total. The monoisotopic (exact) mass is 239 g/mol. The molecule has 0 spiro atoms. The summed E-state index contributed by atoms with van der Waals surface area (Å²) in [5.74, 6) is -1.56. The number of fused-ring (bicyclic) bond motifs is 1. The van der Waals surface area contributed by atoms with Gasteiger partial charge in [-0.3, -0.25) is 9.59 Å². The van der Waals surface area contributed by atoms with Gasteiger partial charge in [-0.25, -0.2) is 8.42 Å². The highest BCUT2D eigenvalue weighted by molar-refractivity contribution is 7.86. The first-order valence-corrected chi connectivity index (χ1v) is 5.99. The van der Waals surface area contributed by atoms with Crippen molar-refractivity contribution in [3.8, 4) is 0 Å². The number of carbonyl (C=O) groups excluding carboxylic acids is 2. The Bertz CT molecular complexity index is 573. The highest BCUT2D eigenvalue weighted by Gasteiger charge is 2.35. The van der Waals surface area contributed by atoms with Gasteiger partial charge in [0.2, 0.25) is 11.6 Å². The average molecular weight is 239 g/mol. The third-order valence-electron chi connectivity index (χ3n) is 2.52. The van der Waals surface area contributed by atoms with E-state index >= 15 is 0 Å². The Kier molecular flexibility index (Phi) is 2.40. The average Bonchev–Trinajstić information content (AvgIpc) is 2.22. The van der Waals surface area contributed by atoms with Crippen molar-refractivity contribution in [2.24, 2.45) is 0 Å². The predicted molar refractivity (Wildman–Crippen MR) is 52.8 cm³/mol. The maximum Gasteiger partial charge on any atom is 0.228 e. The fourth-order valence-corrected chi connectivity index (χ4v) is 2.64. The minimum absolute atomic E-state index is 0.0168. The molecule has 0 saturated heterocycles. The van der Waals surface area contributed by atoms with Crippen molar-refractivity contribution in [2.45, 2.75) is 11.7 Å². The summed E-state index contributed by atoms with van der Waals surface area (Å²) in [6, 6.07) is 5.79. The number of benzene rings is 1. The van der Waals surface area contributed by atoms with E-state index in [1.807, 2.05) is 0 Å². The molecule has 84 valence electrons. The first kappa shape index (κ1) is 11.0. The van der Waals surface area contributed by atoms with Crippen LogP contribution in [0.15, 0.2) is 24.3 Å². The van der Waals surface area contributed by atoms with Crippen molar-refractivity contribution in [3.05, 3.63) is 35.4 Å². The first-order valence-electron chi connectivity index (χ1n) is 4.52. The minimum atomic E-state index is -4.62. The number of carbonyl (C=O) groups is 2. The quantitative estimate of drug-likeness (QED) is 0.523. The van der Waals surface area contributed by atoms with E-state index in [-0.39, 0.29) is 11.1 Å². The lowest BCUT2D eigenvalue weighted by molar-refractivity contribution is -0.115.